The molecule has 2 aromatic carbocycles. The second-order valence-corrected chi connectivity index (χ2v) is 5.81. The van der Waals surface area contributed by atoms with Gasteiger partial charge in [0.05, 0.1) is 27.2 Å². The molecule has 0 aliphatic carbocycles. The highest BCUT2D eigenvalue weighted by molar-refractivity contribution is 5.84. The van der Waals surface area contributed by atoms with Gasteiger partial charge in [0.25, 0.3) is 0 Å². The summed E-state index contributed by atoms with van der Waals surface area (Å²) in [6.45, 7) is 2.84. The van der Waals surface area contributed by atoms with E-state index in [4.69, 9.17) is 4.74 Å². The van der Waals surface area contributed by atoms with Gasteiger partial charge in [-0.1, -0.05) is 18.2 Å². The van der Waals surface area contributed by atoms with Gasteiger partial charge >= 0.3 is 0 Å². The number of para-hydroxylation sites is 1. The maximum Gasteiger partial charge on any atom is 0.166 e. The van der Waals surface area contributed by atoms with E-state index >= 15 is 0 Å². The fraction of sp³-hybridized carbons (Fsp3) is 0.316. The van der Waals surface area contributed by atoms with E-state index in [-0.39, 0.29) is 17.6 Å². The van der Waals surface area contributed by atoms with E-state index in [2.05, 4.69) is 4.99 Å². The summed E-state index contributed by atoms with van der Waals surface area (Å²) >= 11 is 0. The number of ether oxygens (including phenoxy) is 1. The van der Waals surface area contributed by atoms with E-state index in [1.165, 1.54) is 6.07 Å². The van der Waals surface area contributed by atoms with Crippen molar-refractivity contribution in [3.63, 3.8) is 0 Å². The quantitative estimate of drug-likeness (QED) is 0.765. The largest absolute Gasteiger partial charge is 0.504 e. The Hall–Kier alpha value is -2.40. The Morgan fingerprint density at radius 2 is 2.00 bits per heavy atom. The molecule has 24 heavy (non-hydrogen) atoms. The molecule has 0 saturated carbocycles. The molecule has 5 heteroatoms. The smallest absolute Gasteiger partial charge is 0.166 e. The molecule has 2 aromatic rings. The van der Waals surface area contributed by atoms with E-state index in [1.807, 2.05) is 33.2 Å². The number of rotatable bonds is 7. The van der Waals surface area contributed by atoms with Crippen LogP contribution in [0.2, 0.25) is 0 Å². The molecule has 0 aliphatic rings. The van der Waals surface area contributed by atoms with Gasteiger partial charge in [-0.15, -0.1) is 0 Å². The molecule has 0 bridgehead atoms. The van der Waals surface area contributed by atoms with Crippen LogP contribution in [0.4, 0.5) is 4.39 Å². The van der Waals surface area contributed by atoms with Crippen molar-refractivity contribution < 1.29 is 19.1 Å². The Kier molecular flexibility index (Phi) is 6.32. The molecule has 0 amide bonds. The topological polar surface area (TPSA) is 46.3 Å². The van der Waals surface area contributed by atoms with Crippen molar-refractivity contribution in [2.45, 2.75) is 13.0 Å². The number of nitrogens with zero attached hydrogens (tertiary/aromatic N) is 1. The van der Waals surface area contributed by atoms with Crippen LogP contribution in [0.1, 0.15) is 24.1 Å². The molecule has 4 nitrogen and oxygen atoms in total. The van der Waals surface area contributed by atoms with E-state index in [1.54, 1.807) is 30.5 Å². The van der Waals surface area contributed by atoms with Gasteiger partial charge < -0.3 is 14.7 Å². The number of halogens is 1. The van der Waals surface area contributed by atoms with Crippen molar-refractivity contribution >= 4 is 6.21 Å². The standard InChI is InChI=1S/C19H23FN2O2/c1-4-24-18-10-6-8-15(19(18)23)12-21-13-17(22(2)3)14-7-5-9-16(20)11-14/h5-12,17,23H,4,13H2,1-3H3/p+1/t17-/m0/s1. The van der Waals surface area contributed by atoms with Crippen LogP contribution in [0.15, 0.2) is 47.5 Å². The molecular formula is C19H24FN2O2+. The number of nitrogens with one attached hydrogen (secondary N) is 1. The van der Waals surface area contributed by atoms with E-state index in [0.717, 1.165) is 10.5 Å². The first-order valence-corrected chi connectivity index (χ1v) is 8.03. The van der Waals surface area contributed by atoms with Crippen LogP contribution in [0.25, 0.3) is 0 Å². The van der Waals surface area contributed by atoms with Gasteiger partial charge in [-0.25, -0.2) is 4.39 Å². The number of hydrogen-bond donors (Lipinski definition) is 2. The molecule has 128 valence electrons. The summed E-state index contributed by atoms with van der Waals surface area (Å²) in [5.74, 6) is 0.286. The van der Waals surface area contributed by atoms with Gasteiger partial charge in [-0.05, 0) is 31.2 Å². The highest BCUT2D eigenvalue weighted by atomic mass is 19.1. The Balaban J connectivity index is 2.15. The lowest BCUT2D eigenvalue weighted by molar-refractivity contribution is -0.890. The molecule has 1 atom stereocenters. The number of benzene rings is 2. The zero-order chi connectivity index (χ0) is 17.5. The Labute approximate surface area is 142 Å². The lowest BCUT2D eigenvalue weighted by Crippen LogP contribution is -3.06. The maximum atomic E-state index is 13.5. The summed E-state index contributed by atoms with van der Waals surface area (Å²) in [5, 5.41) is 10.2. The van der Waals surface area contributed by atoms with Crippen LogP contribution in [-0.4, -0.2) is 38.6 Å². The fourth-order valence-corrected chi connectivity index (χ4v) is 2.52. The summed E-state index contributed by atoms with van der Waals surface area (Å²) in [5.41, 5.74) is 1.51. The highest BCUT2D eigenvalue weighted by Gasteiger charge is 2.17. The fourth-order valence-electron chi connectivity index (χ4n) is 2.52. The van der Waals surface area contributed by atoms with Crippen molar-refractivity contribution in [1.29, 1.82) is 0 Å². The van der Waals surface area contributed by atoms with Gasteiger partial charge in [-0.2, -0.15) is 0 Å². The van der Waals surface area contributed by atoms with Crippen LogP contribution in [0, 0.1) is 5.82 Å². The monoisotopic (exact) mass is 331 g/mol. The minimum atomic E-state index is -0.246. The van der Waals surface area contributed by atoms with E-state index in [9.17, 15) is 9.50 Å². The third-order valence-electron chi connectivity index (χ3n) is 3.80. The second-order valence-electron chi connectivity index (χ2n) is 5.81. The molecule has 0 fully saturated rings. The molecule has 0 aliphatic heterocycles. The number of phenols is 1. The number of hydrogen-bond acceptors (Lipinski definition) is 3. The molecule has 0 aromatic heterocycles. The number of aromatic hydroxyl groups is 1. The molecular weight excluding hydrogens is 307 g/mol. The van der Waals surface area contributed by atoms with Crippen molar-refractivity contribution in [2.75, 3.05) is 27.2 Å². The zero-order valence-electron chi connectivity index (χ0n) is 14.3. The molecule has 0 spiro atoms. The third kappa shape index (κ3) is 4.55. The number of aliphatic imine (C=N–C) groups is 1. The first-order valence-electron chi connectivity index (χ1n) is 8.03. The Bertz CT molecular complexity index is 702. The van der Waals surface area contributed by atoms with Crippen molar-refractivity contribution in [3.05, 3.63) is 59.4 Å². The average molecular weight is 331 g/mol. The first-order chi connectivity index (χ1) is 11.5. The predicted octanol–water partition coefficient (Wildman–Crippen LogP) is 2.23. The van der Waals surface area contributed by atoms with E-state index in [0.29, 0.717) is 24.5 Å². The Morgan fingerprint density at radius 1 is 1.25 bits per heavy atom. The van der Waals surface area contributed by atoms with Gasteiger partial charge in [0.2, 0.25) is 0 Å². The van der Waals surface area contributed by atoms with Crippen LogP contribution in [0.5, 0.6) is 11.5 Å². The molecule has 0 heterocycles. The summed E-state index contributed by atoms with van der Waals surface area (Å²) in [4.78, 5) is 5.60. The molecule has 2 N–H and O–H groups in total. The number of likely N-dealkylation sites (N-methyl/N-ethyl adjacent to an activating group) is 1. The summed E-state index contributed by atoms with van der Waals surface area (Å²) in [6.07, 6.45) is 1.63. The Morgan fingerprint density at radius 3 is 2.67 bits per heavy atom. The van der Waals surface area contributed by atoms with Gasteiger partial charge in [0.15, 0.2) is 11.5 Å². The van der Waals surface area contributed by atoms with Crippen molar-refractivity contribution in [1.82, 2.24) is 0 Å². The second kappa shape index (κ2) is 8.45. The van der Waals surface area contributed by atoms with Gasteiger partial charge in [0.1, 0.15) is 11.9 Å². The minimum Gasteiger partial charge on any atom is -0.504 e. The van der Waals surface area contributed by atoms with Crippen molar-refractivity contribution in [3.8, 4) is 11.5 Å². The lowest BCUT2D eigenvalue weighted by atomic mass is 10.1. The van der Waals surface area contributed by atoms with Crippen LogP contribution in [-0.2, 0) is 0 Å². The molecule has 0 radical (unpaired) electrons. The van der Waals surface area contributed by atoms with Gasteiger partial charge in [-0.3, -0.25) is 4.99 Å². The van der Waals surface area contributed by atoms with Crippen molar-refractivity contribution in [2.24, 2.45) is 4.99 Å². The van der Waals surface area contributed by atoms with Crippen LogP contribution in [0.3, 0.4) is 0 Å². The maximum absolute atomic E-state index is 13.5. The predicted molar refractivity (Wildman–Crippen MR) is 93.7 cm³/mol. The average Bonchev–Trinajstić information content (AvgIpc) is 2.54. The number of phenolic OH excluding ortho intramolecular Hbond substituents is 1. The molecule has 0 unspecified atom stereocenters. The minimum absolute atomic E-state index is 0.0363. The first kappa shape index (κ1) is 17.9. The third-order valence-corrected chi connectivity index (χ3v) is 3.80. The van der Waals surface area contributed by atoms with Crippen LogP contribution >= 0.6 is 0 Å². The normalized spacial score (nSPS) is 12.7. The highest BCUT2D eigenvalue weighted by Crippen LogP contribution is 2.28. The lowest BCUT2D eigenvalue weighted by Gasteiger charge is -2.20. The summed E-state index contributed by atoms with van der Waals surface area (Å²) in [7, 11) is 4.02. The summed E-state index contributed by atoms with van der Waals surface area (Å²) < 4.78 is 18.8. The van der Waals surface area contributed by atoms with E-state index < -0.39 is 0 Å². The molecule has 0 saturated heterocycles. The SMILES string of the molecule is CCOc1cccc(C=NC[C@@H](c2cccc(F)c2)[NH+](C)C)c1O. The van der Waals surface area contributed by atoms with Gasteiger partial charge in [0, 0.05) is 17.3 Å². The molecule has 2 rings (SSSR count). The van der Waals surface area contributed by atoms with Crippen LogP contribution < -0.4 is 9.64 Å². The number of quaternary nitrogens is 1. The zero-order valence-corrected chi connectivity index (χ0v) is 14.3. The summed E-state index contributed by atoms with van der Waals surface area (Å²) in [6, 6.07) is 11.9.